The molecule has 1 saturated heterocycles. The molecule has 1 atom stereocenters. The summed E-state index contributed by atoms with van der Waals surface area (Å²) in [5.41, 5.74) is 1.28. The molecule has 6 heteroatoms. The van der Waals surface area contributed by atoms with Crippen molar-refractivity contribution in [2.75, 3.05) is 33.3 Å². The quantitative estimate of drug-likeness (QED) is 0.823. The van der Waals surface area contributed by atoms with Crippen molar-refractivity contribution >= 4 is 11.9 Å². The molecule has 0 aliphatic carbocycles. The van der Waals surface area contributed by atoms with Crippen molar-refractivity contribution in [2.24, 2.45) is 0 Å². The first-order chi connectivity index (χ1) is 12.0. The molecule has 25 heavy (non-hydrogen) atoms. The average molecular weight is 347 g/mol. The Morgan fingerprint density at radius 3 is 2.64 bits per heavy atom. The third-order valence-electron chi connectivity index (χ3n) is 4.58. The number of nitrogens with zero attached hydrogens (tertiary/aromatic N) is 2. The van der Waals surface area contributed by atoms with E-state index in [0.29, 0.717) is 39.1 Å². The largest absolute Gasteiger partial charge is 0.492 e. The monoisotopic (exact) mass is 347 g/mol. The molecule has 1 fully saturated rings. The number of carbonyl (C=O) groups is 2. The molecule has 1 aliphatic heterocycles. The van der Waals surface area contributed by atoms with Crippen LogP contribution in [0.25, 0.3) is 0 Å². The minimum atomic E-state index is -0.0971. The van der Waals surface area contributed by atoms with Crippen molar-refractivity contribution in [3.63, 3.8) is 0 Å². The number of rotatable bonds is 7. The number of nitrogens with one attached hydrogen (secondary N) is 1. The number of likely N-dealkylation sites (tertiary alicyclic amines) is 1. The van der Waals surface area contributed by atoms with E-state index in [0.717, 1.165) is 12.2 Å². The van der Waals surface area contributed by atoms with E-state index in [1.54, 1.807) is 16.8 Å². The van der Waals surface area contributed by atoms with Gasteiger partial charge in [-0.2, -0.15) is 0 Å². The lowest BCUT2D eigenvalue weighted by molar-refractivity contribution is -0.132. The molecule has 6 nitrogen and oxygen atoms in total. The smallest absolute Gasteiger partial charge is 0.317 e. The number of urea groups is 1. The zero-order valence-corrected chi connectivity index (χ0v) is 15.5. The second-order valence-electron chi connectivity index (χ2n) is 6.38. The molecule has 1 aromatic rings. The van der Waals surface area contributed by atoms with Crippen LogP contribution >= 0.6 is 0 Å². The molecule has 0 radical (unpaired) electrons. The lowest BCUT2D eigenvalue weighted by atomic mass is 10.1. The van der Waals surface area contributed by atoms with Crippen LogP contribution in [0.5, 0.6) is 5.75 Å². The Morgan fingerprint density at radius 2 is 2.04 bits per heavy atom. The Hall–Kier alpha value is -2.24. The number of piperidine rings is 1. The van der Waals surface area contributed by atoms with Gasteiger partial charge in [0.25, 0.3) is 0 Å². The van der Waals surface area contributed by atoms with E-state index in [-0.39, 0.29) is 18.0 Å². The van der Waals surface area contributed by atoms with Crippen LogP contribution in [0.2, 0.25) is 0 Å². The Kier molecular flexibility index (Phi) is 7.10. The Morgan fingerprint density at radius 1 is 1.32 bits per heavy atom. The molecule has 0 saturated carbocycles. The molecule has 0 aromatic heterocycles. The molecule has 1 aliphatic rings. The lowest BCUT2D eigenvalue weighted by Gasteiger charge is -2.32. The third kappa shape index (κ3) is 5.66. The van der Waals surface area contributed by atoms with Gasteiger partial charge in [0, 0.05) is 32.6 Å². The van der Waals surface area contributed by atoms with Gasteiger partial charge in [0.05, 0.1) is 6.54 Å². The number of carbonyl (C=O) groups excluding carboxylic acids is 2. The van der Waals surface area contributed by atoms with E-state index < -0.39 is 0 Å². The summed E-state index contributed by atoms with van der Waals surface area (Å²) in [4.78, 5) is 27.3. The summed E-state index contributed by atoms with van der Waals surface area (Å²) >= 11 is 0. The van der Waals surface area contributed by atoms with Gasteiger partial charge < -0.3 is 19.9 Å². The predicted molar refractivity (Wildman–Crippen MR) is 97.8 cm³/mol. The third-order valence-corrected chi connectivity index (χ3v) is 4.58. The highest BCUT2D eigenvalue weighted by molar-refractivity contribution is 5.78. The van der Waals surface area contributed by atoms with Crippen LogP contribution in [0, 0.1) is 0 Å². The average Bonchev–Trinajstić information content (AvgIpc) is 2.62. The van der Waals surface area contributed by atoms with E-state index in [1.807, 2.05) is 19.1 Å². The Bertz CT molecular complexity index is 574. The summed E-state index contributed by atoms with van der Waals surface area (Å²) in [7, 11) is 1.77. The predicted octanol–water partition coefficient (Wildman–Crippen LogP) is 2.28. The van der Waals surface area contributed by atoms with Crippen molar-refractivity contribution in [2.45, 2.75) is 39.2 Å². The van der Waals surface area contributed by atoms with Gasteiger partial charge in [-0.15, -0.1) is 0 Å². The standard InChI is InChI=1S/C19H29N3O3/c1-4-15-6-9-17(10-7-15)25-13-12-22(5-2)19(24)20-16-8-11-18(23)21(3)14-16/h6-7,9-10,16H,4-5,8,11-14H2,1-3H3,(H,20,24). The van der Waals surface area contributed by atoms with Crippen molar-refractivity contribution in [1.82, 2.24) is 15.1 Å². The fourth-order valence-electron chi connectivity index (χ4n) is 2.89. The summed E-state index contributed by atoms with van der Waals surface area (Å²) in [6.45, 7) is 6.24. The number of benzene rings is 1. The summed E-state index contributed by atoms with van der Waals surface area (Å²) in [6.07, 6.45) is 2.20. The molecule has 1 unspecified atom stereocenters. The second-order valence-corrected chi connectivity index (χ2v) is 6.38. The van der Waals surface area contributed by atoms with Gasteiger partial charge in [0.15, 0.2) is 0 Å². The molecule has 138 valence electrons. The molecule has 2 rings (SSSR count). The molecular formula is C19H29N3O3. The summed E-state index contributed by atoms with van der Waals surface area (Å²) in [5.74, 6) is 0.960. The van der Waals surface area contributed by atoms with E-state index in [4.69, 9.17) is 4.74 Å². The minimum absolute atomic E-state index is 0.0201. The first-order valence-corrected chi connectivity index (χ1v) is 9.04. The molecular weight excluding hydrogens is 318 g/mol. The zero-order chi connectivity index (χ0) is 18.2. The normalized spacial score (nSPS) is 17.3. The molecule has 3 amide bonds. The van der Waals surface area contributed by atoms with Crippen molar-refractivity contribution < 1.29 is 14.3 Å². The van der Waals surface area contributed by atoms with E-state index >= 15 is 0 Å². The van der Waals surface area contributed by atoms with Gasteiger partial charge in [-0.05, 0) is 37.5 Å². The van der Waals surface area contributed by atoms with Gasteiger partial charge in [-0.25, -0.2) is 4.79 Å². The molecule has 0 bridgehead atoms. The molecule has 1 aromatic carbocycles. The topological polar surface area (TPSA) is 61.9 Å². The maximum absolute atomic E-state index is 12.4. The highest BCUT2D eigenvalue weighted by Crippen LogP contribution is 2.13. The number of likely N-dealkylation sites (N-methyl/N-ethyl adjacent to an activating group) is 2. The van der Waals surface area contributed by atoms with E-state index in [1.165, 1.54) is 5.56 Å². The molecule has 1 heterocycles. The van der Waals surface area contributed by atoms with Crippen LogP contribution in [0.15, 0.2) is 24.3 Å². The van der Waals surface area contributed by atoms with Crippen molar-refractivity contribution in [1.29, 1.82) is 0 Å². The summed E-state index contributed by atoms with van der Waals surface area (Å²) < 4.78 is 5.73. The van der Waals surface area contributed by atoms with E-state index in [9.17, 15) is 9.59 Å². The Labute approximate surface area is 150 Å². The summed E-state index contributed by atoms with van der Waals surface area (Å²) in [5, 5.41) is 3.02. The Balaban J connectivity index is 1.76. The van der Waals surface area contributed by atoms with Crippen LogP contribution in [-0.2, 0) is 11.2 Å². The lowest BCUT2D eigenvalue weighted by Crippen LogP contribution is -2.52. The maximum Gasteiger partial charge on any atom is 0.317 e. The van der Waals surface area contributed by atoms with Crippen molar-refractivity contribution in [3.8, 4) is 5.75 Å². The van der Waals surface area contributed by atoms with Crippen LogP contribution in [0.3, 0.4) is 0 Å². The van der Waals surface area contributed by atoms with Crippen molar-refractivity contribution in [3.05, 3.63) is 29.8 Å². The number of hydrogen-bond acceptors (Lipinski definition) is 3. The zero-order valence-electron chi connectivity index (χ0n) is 15.5. The van der Waals surface area contributed by atoms with Gasteiger partial charge in [-0.3, -0.25) is 4.79 Å². The number of ether oxygens (including phenoxy) is 1. The van der Waals surface area contributed by atoms with Gasteiger partial charge in [0.1, 0.15) is 12.4 Å². The highest BCUT2D eigenvalue weighted by Gasteiger charge is 2.25. The van der Waals surface area contributed by atoms with E-state index in [2.05, 4.69) is 24.4 Å². The SMILES string of the molecule is CCc1ccc(OCCN(CC)C(=O)NC2CCC(=O)N(C)C2)cc1. The van der Waals surface area contributed by atoms with Gasteiger partial charge in [-0.1, -0.05) is 19.1 Å². The number of aryl methyl sites for hydroxylation is 1. The highest BCUT2D eigenvalue weighted by atomic mass is 16.5. The first-order valence-electron chi connectivity index (χ1n) is 9.04. The van der Waals surface area contributed by atoms with Crippen LogP contribution < -0.4 is 10.1 Å². The van der Waals surface area contributed by atoms with Crippen LogP contribution in [0.4, 0.5) is 4.79 Å². The van der Waals surface area contributed by atoms with Crippen LogP contribution in [0.1, 0.15) is 32.3 Å². The molecule has 0 spiro atoms. The number of amides is 3. The molecule has 1 N–H and O–H groups in total. The summed E-state index contributed by atoms with van der Waals surface area (Å²) in [6, 6.07) is 7.96. The fraction of sp³-hybridized carbons (Fsp3) is 0.579. The van der Waals surface area contributed by atoms with Gasteiger partial charge in [0.2, 0.25) is 5.91 Å². The number of hydrogen-bond donors (Lipinski definition) is 1. The van der Waals surface area contributed by atoms with Gasteiger partial charge >= 0.3 is 6.03 Å². The first kappa shape index (κ1) is 19.1. The maximum atomic E-state index is 12.4. The van der Waals surface area contributed by atoms with Crippen LogP contribution in [-0.4, -0.2) is 61.1 Å². The fourth-order valence-corrected chi connectivity index (χ4v) is 2.89. The minimum Gasteiger partial charge on any atom is -0.492 e. The second kappa shape index (κ2) is 9.30.